The van der Waals surface area contributed by atoms with Crippen LogP contribution in [-0.2, 0) is 5.41 Å². The zero-order chi connectivity index (χ0) is 13.1. The van der Waals surface area contributed by atoms with Crippen molar-refractivity contribution in [1.82, 2.24) is 9.36 Å². The van der Waals surface area contributed by atoms with Crippen molar-refractivity contribution < 1.29 is 0 Å². The minimum Gasteiger partial charge on any atom is -0.360 e. The Balaban J connectivity index is 2.56. The van der Waals surface area contributed by atoms with Gasteiger partial charge in [-0.1, -0.05) is 34.6 Å². The maximum atomic E-state index is 5.59. The average Bonchev–Trinajstić information content (AvgIpc) is 2.62. The monoisotopic (exact) mass is 256 g/mol. The Labute approximate surface area is 108 Å². The van der Waals surface area contributed by atoms with E-state index in [9.17, 15) is 0 Å². The first-order chi connectivity index (χ1) is 7.74. The van der Waals surface area contributed by atoms with Gasteiger partial charge in [0.25, 0.3) is 0 Å². The normalized spacial score (nSPS) is 12.8. The summed E-state index contributed by atoms with van der Waals surface area (Å²) in [6.07, 6.45) is 1.00. The molecule has 0 unspecified atom stereocenters. The highest BCUT2D eigenvalue weighted by atomic mass is 32.1. The van der Waals surface area contributed by atoms with Gasteiger partial charge in [0.15, 0.2) is 0 Å². The van der Waals surface area contributed by atoms with E-state index in [2.05, 4.69) is 49.3 Å². The van der Waals surface area contributed by atoms with Crippen LogP contribution >= 0.6 is 11.5 Å². The number of hydrogen-bond acceptors (Lipinski definition) is 5. The van der Waals surface area contributed by atoms with Crippen LogP contribution in [0.15, 0.2) is 0 Å². The lowest BCUT2D eigenvalue weighted by Crippen LogP contribution is -2.26. The van der Waals surface area contributed by atoms with E-state index < -0.39 is 0 Å². The fourth-order valence-corrected chi connectivity index (χ4v) is 2.15. The maximum Gasteiger partial charge on any atom is 0.202 e. The van der Waals surface area contributed by atoms with E-state index in [-0.39, 0.29) is 10.8 Å². The van der Waals surface area contributed by atoms with E-state index in [0.29, 0.717) is 0 Å². The van der Waals surface area contributed by atoms with E-state index in [1.807, 2.05) is 0 Å². The number of rotatable bonds is 5. The first-order valence-corrected chi connectivity index (χ1v) is 6.80. The molecule has 0 atom stereocenters. The molecular weight excluding hydrogens is 232 g/mol. The van der Waals surface area contributed by atoms with Gasteiger partial charge in [0, 0.05) is 23.5 Å². The van der Waals surface area contributed by atoms with E-state index in [1.54, 1.807) is 0 Å². The third kappa shape index (κ3) is 4.60. The molecule has 0 aromatic carbocycles. The number of nitrogens with zero attached hydrogens (tertiary/aromatic N) is 2. The average molecular weight is 256 g/mol. The van der Waals surface area contributed by atoms with Crippen molar-refractivity contribution in [1.29, 1.82) is 0 Å². The summed E-state index contributed by atoms with van der Waals surface area (Å²) in [7, 11) is 0. The number of hydrogen-bond donors (Lipinski definition) is 2. The second kappa shape index (κ2) is 5.31. The van der Waals surface area contributed by atoms with Crippen LogP contribution in [0.5, 0.6) is 0 Å². The lowest BCUT2D eigenvalue weighted by molar-refractivity contribution is 0.365. The first-order valence-electron chi connectivity index (χ1n) is 6.03. The van der Waals surface area contributed by atoms with Crippen LogP contribution < -0.4 is 11.1 Å². The van der Waals surface area contributed by atoms with Crippen LogP contribution in [-0.4, -0.2) is 22.4 Å². The van der Waals surface area contributed by atoms with Crippen molar-refractivity contribution in [2.45, 2.75) is 46.5 Å². The Hall–Kier alpha value is -0.680. The van der Waals surface area contributed by atoms with Gasteiger partial charge in [-0.3, -0.25) is 0 Å². The Morgan fingerprint density at radius 1 is 1.24 bits per heavy atom. The van der Waals surface area contributed by atoms with Crippen molar-refractivity contribution in [2.24, 2.45) is 11.1 Å². The van der Waals surface area contributed by atoms with Gasteiger partial charge in [0.05, 0.1) is 0 Å². The summed E-state index contributed by atoms with van der Waals surface area (Å²) in [5.41, 5.74) is 5.81. The lowest BCUT2D eigenvalue weighted by Gasteiger charge is -2.23. The van der Waals surface area contributed by atoms with Gasteiger partial charge in [0.2, 0.25) is 5.13 Å². The molecule has 0 saturated heterocycles. The molecule has 0 spiro atoms. The topological polar surface area (TPSA) is 63.8 Å². The SMILES string of the molecule is CC(C)(CCN)CNc1nc(C(C)(C)C)ns1. The number of aromatic nitrogens is 2. The molecular formula is C12H24N4S. The maximum absolute atomic E-state index is 5.59. The number of anilines is 1. The summed E-state index contributed by atoms with van der Waals surface area (Å²) in [5.74, 6) is 0.904. The van der Waals surface area contributed by atoms with Gasteiger partial charge in [-0.15, -0.1) is 0 Å². The van der Waals surface area contributed by atoms with Crippen molar-refractivity contribution in [3.63, 3.8) is 0 Å². The molecule has 0 aliphatic heterocycles. The van der Waals surface area contributed by atoms with Crippen LogP contribution in [0, 0.1) is 5.41 Å². The molecule has 1 heterocycles. The first kappa shape index (κ1) is 14.4. The van der Waals surface area contributed by atoms with Gasteiger partial charge in [-0.05, 0) is 18.4 Å². The molecule has 0 saturated carbocycles. The quantitative estimate of drug-likeness (QED) is 0.850. The van der Waals surface area contributed by atoms with Crippen molar-refractivity contribution in [2.75, 3.05) is 18.4 Å². The Bertz CT molecular complexity index is 352. The predicted molar refractivity (Wildman–Crippen MR) is 74.6 cm³/mol. The summed E-state index contributed by atoms with van der Waals surface area (Å²) in [4.78, 5) is 4.51. The molecule has 17 heavy (non-hydrogen) atoms. The van der Waals surface area contributed by atoms with Crippen LogP contribution in [0.3, 0.4) is 0 Å². The largest absolute Gasteiger partial charge is 0.360 e. The van der Waals surface area contributed by atoms with E-state index in [1.165, 1.54) is 11.5 Å². The van der Waals surface area contributed by atoms with Gasteiger partial charge >= 0.3 is 0 Å². The van der Waals surface area contributed by atoms with E-state index >= 15 is 0 Å². The molecule has 0 aliphatic carbocycles. The Morgan fingerprint density at radius 3 is 2.35 bits per heavy atom. The molecule has 0 radical (unpaired) electrons. The molecule has 0 aliphatic rings. The summed E-state index contributed by atoms with van der Waals surface area (Å²) in [6, 6.07) is 0. The molecule has 5 heteroatoms. The zero-order valence-electron chi connectivity index (χ0n) is 11.5. The third-order valence-electron chi connectivity index (χ3n) is 2.64. The Kier molecular flexibility index (Phi) is 4.49. The van der Waals surface area contributed by atoms with Crippen LogP contribution in [0.2, 0.25) is 0 Å². The van der Waals surface area contributed by atoms with E-state index in [4.69, 9.17) is 5.73 Å². The molecule has 1 rings (SSSR count). The summed E-state index contributed by atoms with van der Waals surface area (Å²) < 4.78 is 4.38. The molecule has 1 aromatic rings. The van der Waals surface area contributed by atoms with Gasteiger partial charge in [-0.25, -0.2) is 4.98 Å². The number of nitrogens with one attached hydrogen (secondary N) is 1. The summed E-state index contributed by atoms with van der Waals surface area (Å²) in [6.45, 7) is 12.4. The molecule has 1 aromatic heterocycles. The van der Waals surface area contributed by atoms with Crippen molar-refractivity contribution >= 4 is 16.7 Å². The summed E-state index contributed by atoms with van der Waals surface area (Å²) in [5, 5.41) is 4.25. The van der Waals surface area contributed by atoms with Gasteiger partial charge in [0.1, 0.15) is 5.82 Å². The highest BCUT2D eigenvalue weighted by Crippen LogP contribution is 2.25. The predicted octanol–water partition coefficient (Wildman–Crippen LogP) is 2.62. The minimum absolute atomic E-state index is 0.0171. The highest BCUT2D eigenvalue weighted by Gasteiger charge is 2.21. The standard InChI is InChI=1S/C12H24N4S/c1-11(2,3)9-15-10(17-16-9)14-8-12(4,5)6-7-13/h6-8,13H2,1-5H3,(H,14,15,16). The van der Waals surface area contributed by atoms with Crippen molar-refractivity contribution in [3.05, 3.63) is 5.82 Å². The highest BCUT2D eigenvalue weighted by molar-refractivity contribution is 7.09. The molecule has 0 bridgehead atoms. The zero-order valence-corrected chi connectivity index (χ0v) is 12.3. The second-order valence-electron chi connectivity index (χ2n) is 6.23. The smallest absolute Gasteiger partial charge is 0.202 e. The Morgan fingerprint density at radius 2 is 1.88 bits per heavy atom. The third-order valence-corrected chi connectivity index (χ3v) is 3.31. The minimum atomic E-state index is 0.0171. The van der Waals surface area contributed by atoms with Crippen molar-refractivity contribution in [3.8, 4) is 0 Å². The molecule has 0 amide bonds. The van der Waals surface area contributed by atoms with Gasteiger partial charge < -0.3 is 11.1 Å². The summed E-state index contributed by atoms with van der Waals surface area (Å²) >= 11 is 1.43. The molecule has 3 N–H and O–H groups in total. The molecule has 4 nitrogen and oxygen atoms in total. The molecule has 98 valence electrons. The van der Waals surface area contributed by atoms with Crippen LogP contribution in [0.1, 0.15) is 46.9 Å². The van der Waals surface area contributed by atoms with E-state index in [0.717, 1.165) is 30.5 Å². The fraction of sp³-hybridized carbons (Fsp3) is 0.833. The molecule has 0 fully saturated rings. The van der Waals surface area contributed by atoms with Crippen LogP contribution in [0.4, 0.5) is 5.13 Å². The lowest BCUT2D eigenvalue weighted by atomic mass is 9.89. The van der Waals surface area contributed by atoms with Gasteiger partial charge in [-0.2, -0.15) is 4.37 Å². The number of nitrogens with two attached hydrogens (primary N) is 1. The second-order valence-corrected chi connectivity index (χ2v) is 6.98. The fourth-order valence-electron chi connectivity index (χ4n) is 1.39. The van der Waals surface area contributed by atoms with Crippen LogP contribution in [0.25, 0.3) is 0 Å².